The summed E-state index contributed by atoms with van der Waals surface area (Å²) >= 11 is 0. The number of H-pyrrole nitrogens is 2. The first-order valence-corrected chi connectivity index (χ1v) is 15.8. The van der Waals surface area contributed by atoms with Crippen LogP contribution < -0.4 is 0 Å². The summed E-state index contributed by atoms with van der Waals surface area (Å²) in [5, 5.41) is 0. The van der Waals surface area contributed by atoms with Crippen LogP contribution in [0.1, 0.15) is 85.8 Å². The fraction of sp³-hybridized carbons (Fsp3) is 0.195. The zero-order valence-corrected chi connectivity index (χ0v) is 27.2. The maximum absolute atomic E-state index is 11.3. The van der Waals surface area contributed by atoms with E-state index in [1.165, 1.54) is 11.1 Å². The van der Waals surface area contributed by atoms with Gasteiger partial charge in [0.1, 0.15) is 6.29 Å². The van der Waals surface area contributed by atoms with Crippen LogP contribution in [-0.2, 0) is 10.8 Å². The minimum Gasteiger partial charge on any atom is -0.355 e. The topological polar surface area (TPSA) is 74.4 Å². The lowest BCUT2D eigenvalue weighted by molar-refractivity contribution is 0.112. The number of fused-ring (bicyclic) bond motifs is 8. The summed E-state index contributed by atoms with van der Waals surface area (Å²) in [4.78, 5) is 28.8. The molecule has 8 bridgehead atoms. The summed E-state index contributed by atoms with van der Waals surface area (Å²) in [6.07, 6.45) is 9.15. The fourth-order valence-electron chi connectivity index (χ4n) is 6.05. The highest BCUT2D eigenvalue weighted by atomic mass is 16.1. The van der Waals surface area contributed by atoms with Crippen molar-refractivity contribution in [2.24, 2.45) is 0 Å². The van der Waals surface area contributed by atoms with Crippen LogP contribution >= 0.6 is 0 Å². The van der Waals surface area contributed by atoms with E-state index in [9.17, 15) is 4.79 Å². The van der Waals surface area contributed by atoms with Gasteiger partial charge in [-0.15, -0.1) is 0 Å². The lowest BCUT2D eigenvalue weighted by Gasteiger charge is -2.26. The lowest BCUT2D eigenvalue weighted by atomic mass is 9.79. The van der Waals surface area contributed by atoms with Crippen molar-refractivity contribution in [1.29, 1.82) is 0 Å². The smallest absolute Gasteiger partial charge is 0.150 e. The minimum absolute atomic E-state index is 0.0131. The summed E-state index contributed by atoms with van der Waals surface area (Å²) < 4.78 is 0. The van der Waals surface area contributed by atoms with Gasteiger partial charge in [-0.3, -0.25) is 4.79 Å². The highest BCUT2D eigenvalue weighted by molar-refractivity contribution is 5.93. The molecule has 0 unspecified atom stereocenters. The van der Waals surface area contributed by atoms with Gasteiger partial charge in [-0.05, 0) is 93.8 Å². The van der Waals surface area contributed by atoms with Gasteiger partial charge in [-0.1, -0.05) is 84.0 Å². The van der Waals surface area contributed by atoms with Crippen molar-refractivity contribution in [2.75, 3.05) is 0 Å². The molecule has 0 radical (unpaired) electrons. The van der Waals surface area contributed by atoms with Crippen LogP contribution in [0.25, 0.3) is 68.6 Å². The van der Waals surface area contributed by atoms with E-state index in [4.69, 9.17) is 9.97 Å². The molecule has 5 heterocycles. The number of carbonyl (C=O) groups excluding carboxylic acids is 1. The number of benzene rings is 2. The molecule has 3 aromatic heterocycles. The van der Waals surface area contributed by atoms with Gasteiger partial charge in [0.05, 0.1) is 22.8 Å². The van der Waals surface area contributed by atoms with Gasteiger partial charge >= 0.3 is 0 Å². The second-order valence-electron chi connectivity index (χ2n) is 14.2. The first-order valence-electron chi connectivity index (χ1n) is 15.8. The van der Waals surface area contributed by atoms with Crippen molar-refractivity contribution in [2.45, 2.75) is 52.4 Å². The predicted octanol–water partition coefficient (Wildman–Crippen LogP) is 10.4. The Hall–Kier alpha value is -5.29. The number of aldehydes is 1. The van der Waals surface area contributed by atoms with E-state index in [-0.39, 0.29) is 10.8 Å². The number of rotatable bonds is 3. The Bertz CT molecular complexity index is 2200. The molecule has 0 spiro atoms. The van der Waals surface area contributed by atoms with Crippen molar-refractivity contribution in [3.63, 3.8) is 0 Å². The monoisotopic (exact) mass is 602 g/mol. The lowest BCUT2D eigenvalue weighted by Crippen LogP contribution is -2.16. The number of aromatic amines is 2. The van der Waals surface area contributed by atoms with Gasteiger partial charge in [0, 0.05) is 38.8 Å². The fourth-order valence-corrected chi connectivity index (χ4v) is 6.05. The third-order valence-electron chi connectivity index (χ3n) is 8.69. The maximum Gasteiger partial charge on any atom is 0.150 e. The Balaban J connectivity index is 1.53. The Morgan fingerprint density at radius 2 is 1.02 bits per heavy atom. The van der Waals surface area contributed by atoms with Gasteiger partial charge < -0.3 is 9.97 Å². The second kappa shape index (κ2) is 11.0. The molecule has 2 aliphatic heterocycles. The summed E-state index contributed by atoms with van der Waals surface area (Å²) in [5.41, 5.74) is 14.7. The SMILES string of the molecule is CC(C)(C)c1cc(-c2c3nc(cc4ccc([nH]4)c(-c4ccc(C=O)cc4)c4nc(cc5ccc2[nH]5)C=C4)C=C3)cc(C(C)(C)C)c1. The van der Waals surface area contributed by atoms with E-state index in [0.717, 1.165) is 73.4 Å². The van der Waals surface area contributed by atoms with E-state index >= 15 is 0 Å². The number of hydrogen-bond donors (Lipinski definition) is 2. The molecule has 2 aliphatic rings. The van der Waals surface area contributed by atoms with Crippen LogP contribution in [0, 0.1) is 0 Å². The standard InChI is InChI=1S/C41H38N4O/c1-40(2,3)28-19-27(20-29(21-28)41(4,5)6)39-36-17-13-32(44-36)22-30-11-15-34(42-30)38(26-9-7-25(24-46)8-10-26)35-16-12-31(43-35)23-33-14-18-37(39)45-33/h7-24,42,45H,1-6H3. The average Bonchev–Trinajstić information content (AvgIpc) is 3.83. The Morgan fingerprint density at radius 1 is 0.543 bits per heavy atom. The van der Waals surface area contributed by atoms with Gasteiger partial charge in [0.2, 0.25) is 0 Å². The van der Waals surface area contributed by atoms with Crippen LogP contribution in [0.5, 0.6) is 0 Å². The molecule has 228 valence electrons. The zero-order chi connectivity index (χ0) is 32.2. The number of carbonyl (C=O) groups is 1. The van der Waals surface area contributed by atoms with Gasteiger partial charge in [-0.25, -0.2) is 9.97 Å². The minimum atomic E-state index is -0.0131. The number of nitrogens with one attached hydrogen (secondary N) is 2. The molecular formula is C41H38N4O. The number of nitrogens with zero attached hydrogens (tertiary/aromatic N) is 2. The first kappa shape index (κ1) is 29.4. The summed E-state index contributed by atoms with van der Waals surface area (Å²) in [7, 11) is 0. The van der Waals surface area contributed by atoms with E-state index < -0.39 is 0 Å². The highest BCUT2D eigenvalue weighted by Crippen LogP contribution is 2.37. The molecule has 2 aromatic carbocycles. The Morgan fingerprint density at radius 3 is 1.48 bits per heavy atom. The van der Waals surface area contributed by atoms with E-state index in [2.05, 4.69) is 124 Å². The molecule has 5 heteroatoms. The second-order valence-corrected chi connectivity index (χ2v) is 14.2. The molecule has 7 rings (SSSR count). The molecule has 0 saturated heterocycles. The van der Waals surface area contributed by atoms with E-state index in [1.807, 2.05) is 30.3 Å². The summed E-state index contributed by atoms with van der Waals surface area (Å²) in [6, 6.07) is 27.2. The molecule has 5 aromatic rings. The highest BCUT2D eigenvalue weighted by Gasteiger charge is 2.22. The quantitative estimate of drug-likeness (QED) is 0.198. The molecule has 0 atom stereocenters. The van der Waals surface area contributed by atoms with Crippen LogP contribution in [-0.4, -0.2) is 26.2 Å². The van der Waals surface area contributed by atoms with Crippen molar-refractivity contribution in [3.05, 3.63) is 118 Å². The van der Waals surface area contributed by atoms with Gasteiger partial charge in [-0.2, -0.15) is 0 Å². The molecular weight excluding hydrogens is 564 g/mol. The third kappa shape index (κ3) is 5.65. The van der Waals surface area contributed by atoms with E-state index in [1.54, 1.807) is 0 Å². The third-order valence-corrected chi connectivity index (χ3v) is 8.69. The maximum atomic E-state index is 11.3. The van der Waals surface area contributed by atoms with Crippen molar-refractivity contribution >= 4 is 52.7 Å². The Kier molecular flexibility index (Phi) is 7.01. The van der Waals surface area contributed by atoms with Crippen LogP contribution in [0.15, 0.2) is 78.9 Å². The molecule has 0 amide bonds. The average molecular weight is 603 g/mol. The number of aromatic nitrogens is 4. The van der Waals surface area contributed by atoms with Crippen molar-refractivity contribution in [3.8, 4) is 22.3 Å². The van der Waals surface area contributed by atoms with Gasteiger partial charge in [0.25, 0.3) is 0 Å². The molecule has 46 heavy (non-hydrogen) atoms. The van der Waals surface area contributed by atoms with Crippen LogP contribution in [0.4, 0.5) is 0 Å². The summed E-state index contributed by atoms with van der Waals surface area (Å²) in [6.45, 7) is 13.6. The predicted molar refractivity (Wildman–Crippen MR) is 193 cm³/mol. The normalized spacial score (nSPS) is 12.9. The van der Waals surface area contributed by atoms with Crippen molar-refractivity contribution < 1.29 is 4.79 Å². The Labute approximate surface area is 269 Å². The van der Waals surface area contributed by atoms with Crippen molar-refractivity contribution in [1.82, 2.24) is 19.9 Å². The zero-order valence-electron chi connectivity index (χ0n) is 27.2. The number of hydrogen-bond acceptors (Lipinski definition) is 3. The molecule has 5 nitrogen and oxygen atoms in total. The van der Waals surface area contributed by atoms with E-state index in [0.29, 0.717) is 5.56 Å². The molecule has 0 saturated carbocycles. The van der Waals surface area contributed by atoms with Crippen LogP contribution in [0.2, 0.25) is 0 Å². The molecule has 0 fully saturated rings. The van der Waals surface area contributed by atoms with Crippen LogP contribution in [0.3, 0.4) is 0 Å². The largest absolute Gasteiger partial charge is 0.355 e. The van der Waals surface area contributed by atoms with Gasteiger partial charge in [0.15, 0.2) is 0 Å². The molecule has 0 aliphatic carbocycles. The molecule has 2 N–H and O–H groups in total. The summed E-state index contributed by atoms with van der Waals surface area (Å²) in [5.74, 6) is 0. The first-order chi connectivity index (χ1) is 21.9.